The number of H-pyrrole nitrogens is 1. The standard InChI is InChI=1S/C21H21N5O2/c1-15(27)22-21-23-19-18(20(28)24-21)25(12-16-8-4-2-5-9-16)14-26(19)13-17-10-6-3-7-11-17/h2-11H,12-14H2,1H3,(H2,22,23,24,27,28). The first kappa shape index (κ1) is 17.8. The number of aromatic nitrogens is 2. The Morgan fingerprint density at radius 1 is 1.00 bits per heavy atom. The van der Waals surface area contributed by atoms with Crippen molar-refractivity contribution in [2.24, 2.45) is 0 Å². The van der Waals surface area contributed by atoms with Gasteiger partial charge in [-0.2, -0.15) is 4.98 Å². The number of benzene rings is 2. The largest absolute Gasteiger partial charge is 0.342 e. The summed E-state index contributed by atoms with van der Waals surface area (Å²) in [5.41, 5.74) is 2.49. The maximum Gasteiger partial charge on any atom is 0.278 e. The van der Waals surface area contributed by atoms with Crippen LogP contribution in [0.4, 0.5) is 17.5 Å². The highest BCUT2D eigenvalue weighted by atomic mass is 16.2. The number of amides is 1. The van der Waals surface area contributed by atoms with Crippen LogP contribution in [0, 0.1) is 0 Å². The average Bonchev–Trinajstić information content (AvgIpc) is 3.00. The number of rotatable bonds is 5. The lowest BCUT2D eigenvalue weighted by atomic mass is 10.2. The summed E-state index contributed by atoms with van der Waals surface area (Å²) in [4.78, 5) is 35.5. The summed E-state index contributed by atoms with van der Waals surface area (Å²) in [6, 6.07) is 20.0. The highest BCUT2D eigenvalue weighted by Gasteiger charge is 2.31. The zero-order valence-corrected chi connectivity index (χ0v) is 15.6. The molecule has 2 aromatic carbocycles. The second-order valence-electron chi connectivity index (χ2n) is 6.78. The van der Waals surface area contributed by atoms with Crippen LogP contribution in [0.5, 0.6) is 0 Å². The van der Waals surface area contributed by atoms with Crippen molar-refractivity contribution >= 4 is 23.4 Å². The van der Waals surface area contributed by atoms with Gasteiger partial charge in [0.2, 0.25) is 11.9 Å². The van der Waals surface area contributed by atoms with Crippen LogP contribution in [0.3, 0.4) is 0 Å². The zero-order chi connectivity index (χ0) is 19.5. The van der Waals surface area contributed by atoms with Gasteiger partial charge in [0, 0.05) is 20.0 Å². The molecule has 28 heavy (non-hydrogen) atoms. The number of hydrogen-bond acceptors (Lipinski definition) is 5. The fraction of sp³-hybridized carbons (Fsp3) is 0.190. The molecule has 2 N–H and O–H groups in total. The first-order valence-corrected chi connectivity index (χ1v) is 9.10. The van der Waals surface area contributed by atoms with E-state index in [9.17, 15) is 9.59 Å². The van der Waals surface area contributed by atoms with Crippen molar-refractivity contribution in [3.63, 3.8) is 0 Å². The summed E-state index contributed by atoms with van der Waals surface area (Å²) in [5, 5.41) is 2.57. The summed E-state index contributed by atoms with van der Waals surface area (Å²) < 4.78 is 0. The molecule has 0 unspecified atom stereocenters. The summed E-state index contributed by atoms with van der Waals surface area (Å²) in [6.45, 7) is 3.15. The van der Waals surface area contributed by atoms with Crippen LogP contribution in [-0.4, -0.2) is 22.5 Å². The molecule has 0 fully saturated rings. The van der Waals surface area contributed by atoms with Crippen LogP contribution in [0.1, 0.15) is 18.1 Å². The normalized spacial score (nSPS) is 12.8. The van der Waals surface area contributed by atoms with Crippen LogP contribution < -0.4 is 20.7 Å². The van der Waals surface area contributed by atoms with Gasteiger partial charge in [-0.25, -0.2) is 0 Å². The van der Waals surface area contributed by atoms with E-state index in [0.717, 1.165) is 11.1 Å². The highest BCUT2D eigenvalue weighted by molar-refractivity contribution is 5.87. The lowest BCUT2D eigenvalue weighted by molar-refractivity contribution is -0.114. The van der Waals surface area contributed by atoms with E-state index in [4.69, 9.17) is 0 Å². The van der Waals surface area contributed by atoms with Crippen LogP contribution in [0.15, 0.2) is 65.5 Å². The number of nitrogens with one attached hydrogen (secondary N) is 2. The van der Waals surface area contributed by atoms with Gasteiger partial charge in [-0.3, -0.25) is 19.9 Å². The van der Waals surface area contributed by atoms with E-state index in [1.165, 1.54) is 6.92 Å². The van der Waals surface area contributed by atoms with Crippen LogP contribution >= 0.6 is 0 Å². The molecule has 0 radical (unpaired) electrons. The van der Waals surface area contributed by atoms with Crippen molar-refractivity contribution in [3.8, 4) is 0 Å². The predicted octanol–water partition coefficient (Wildman–Crippen LogP) is 2.71. The lowest BCUT2D eigenvalue weighted by Gasteiger charge is -2.21. The van der Waals surface area contributed by atoms with Gasteiger partial charge in [0.15, 0.2) is 5.82 Å². The number of nitrogens with zero attached hydrogens (tertiary/aromatic N) is 3. The molecule has 1 aliphatic rings. The van der Waals surface area contributed by atoms with Crippen molar-refractivity contribution in [1.82, 2.24) is 9.97 Å². The molecule has 0 aliphatic carbocycles. The van der Waals surface area contributed by atoms with Crippen LogP contribution in [0.2, 0.25) is 0 Å². The average molecular weight is 375 g/mol. The molecule has 2 heterocycles. The maximum atomic E-state index is 12.8. The minimum Gasteiger partial charge on any atom is -0.342 e. The minimum atomic E-state index is -0.281. The van der Waals surface area contributed by atoms with Gasteiger partial charge in [-0.05, 0) is 11.1 Å². The van der Waals surface area contributed by atoms with E-state index < -0.39 is 0 Å². The highest BCUT2D eigenvalue weighted by Crippen LogP contribution is 2.33. The van der Waals surface area contributed by atoms with E-state index >= 15 is 0 Å². The van der Waals surface area contributed by atoms with Gasteiger partial charge in [-0.15, -0.1) is 0 Å². The van der Waals surface area contributed by atoms with Gasteiger partial charge in [0.05, 0.1) is 6.67 Å². The summed E-state index contributed by atoms with van der Waals surface area (Å²) >= 11 is 0. The smallest absolute Gasteiger partial charge is 0.278 e. The van der Waals surface area contributed by atoms with Gasteiger partial charge >= 0.3 is 0 Å². The topological polar surface area (TPSA) is 81.3 Å². The number of carbonyl (C=O) groups excluding carboxylic acids is 1. The molecule has 1 aromatic heterocycles. The molecule has 0 atom stereocenters. The minimum absolute atomic E-state index is 0.163. The van der Waals surface area contributed by atoms with E-state index in [1.807, 2.05) is 70.5 Å². The van der Waals surface area contributed by atoms with Gasteiger partial charge in [0.25, 0.3) is 5.56 Å². The quantitative estimate of drug-likeness (QED) is 0.717. The molecule has 1 aliphatic heterocycles. The molecule has 4 rings (SSSR count). The fourth-order valence-corrected chi connectivity index (χ4v) is 3.39. The molecule has 1 amide bonds. The molecular weight excluding hydrogens is 354 g/mol. The molecule has 7 heteroatoms. The summed E-state index contributed by atoms with van der Waals surface area (Å²) in [5.74, 6) is 0.458. The Morgan fingerprint density at radius 3 is 2.14 bits per heavy atom. The van der Waals surface area contributed by atoms with E-state index in [0.29, 0.717) is 31.3 Å². The number of anilines is 3. The predicted molar refractivity (Wildman–Crippen MR) is 109 cm³/mol. The Bertz CT molecular complexity index is 1030. The Hall–Kier alpha value is -3.61. The third kappa shape index (κ3) is 3.73. The second-order valence-corrected chi connectivity index (χ2v) is 6.78. The monoisotopic (exact) mass is 375 g/mol. The first-order valence-electron chi connectivity index (χ1n) is 9.10. The lowest BCUT2D eigenvalue weighted by Crippen LogP contribution is -2.31. The van der Waals surface area contributed by atoms with Crippen LogP contribution in [0.25, 0.3) is 0 Å². The maximum absolute atomic E-state index is 12.8. The number of carbonyl (C=O) groups is 1. The molecule has 0 saturated carbocycles. The Labute approximate surface area is 162 Å². The van der Waals surface area contributed by atoms with Gasteiger partial charge in [-0.1, -0.05) is 60.7 Å². The number of aromatic amines is 1. The van der Waals surface area contributed by atoms with Gasteiger partial charge in [0.1, 0.15) is 5.69 Å². The van der Waals surface area contributed by atoms with Crippen molar-refractivity contribution in [1.29, 1.82) is 0 Å². The molecule has 7 nitrogen and oxygen atoms in total. The first-order chi connectivity index (χ1) is 13.6. The molecule has 0 bridgehead atoms. The molecule has 0 saturated heterocycles. The SMILES string of the molecule is CC(=O)Nc1nc2c(c(=O)[nH]1)N(Cc1ccccc1)CN2Cc1ccccc1. The van der Waals surface area contributed by atoms with Gasteiger partial charge < -0.3 is 9.80 Å². The van der Waals surface area contributed by atoms with E-state index in [2.05, 4.69) is 15.3 Å². The summed E-state index contributed by atoms with van der Waals surface area (Å²) in [6.07, 6.45) is 0. The van der Waals surface area contributed by atoms with Crippen LogP contribution in [-0.2, 0) is 17.9 Å². The Morgan fingerprint density at radius 2 is 1.57 bits per heavy atom. The van der Waals surface area contributed by atoms with Crippen molar-refractivity contribution in [2.75, 3.05) is 21.8 Å². The number of fused-ring (bicyclic) bond motifs is 1. The van der Waals surface area contributed by atoms with Crippen molar-refractivity contribution in [3.05, 3.63) is 82.1 Å². The Balaban J connectivity index is 1.71. The fourth-order valence-electron chi connectivity index (χ4n) is 3.39. The van der Waals surface area contributed by atoms with Crippen molar-refractivity contribution < 1.29 is 4.79 Å². The molecular formula is C21H21N5O2. The summed E-state index contributed by atoms with van der Waals surface area (Å²) in [7, 11) is 0. The van der Waals surface area contributed by atoms with E-state index in [-0.39, 0.29) is 17.4 Å². The zero-order valence-electron chi connectivity index (χ0n) is 15.6. The molecule has 142 valence electrons. The number of hydrogen-bond donors (Lipinski definition) is 2. The third-order valence-corrected chi connectivity index (χ3v) is 4.56. The molecule has 0 spiro atoms. The van der Waals surface area contributed by atoms with Crippen molar-refractivity contribution in [2.45, 2.75) is 20.0 Å². The Kier molecular flexibility index (Phi) is 4.80. The molecule has 3 aromatic rings. The van der Waals surface area contributed by atoms with E-state index in [1.54, 1.807) is 0 Å². The third-order valence-electron chi connectivity index (χ3n) is 4.56. The second kappa shape index (κ2) is 7.56.